The third kappa shape index (κ3) is 1.69. The van der Waals surface area contributed by atoms with Crippen molar-refractivity contribution in [1.82, 2.24) is 9.59 Å². The number of nitriles is 1. The summed E-state index contributed by atoms with van der Waals surface area (Å²) in [6.07, 6.45) is 0. The lowest BCUT2D eigenvalue weighted by molar-refractivity contribution is 0.973. The molecule has 1 atom stereocenters. The second-order valence-corrected chi connectivity index (χ2v) is 3.42. The van der Waals surface area contributed by atoms with Gasteiger partial charge in [0.1, 0.15) is 5.40 Å². The third-order valence-electron chi connectivity index (χ3n) is 1.02. The van der Waals surface area contributed by atoms with Gasteiger partial charge in [-0.1, -0.05) is 4.49 Å². The molecule has 5 heteroatoms. The van der Waals surface area contributed by atoms with Gasteiger partial charge < -0.3 is 0 Å². The Balaban J connectivity index is 2.61. The first-order chi connectivity index (χ1) is 4.84. The summed E-state index contributed by atoms with van der Waals surface area (Å²) in [5.74, 6) is 0. The normalized spacial score (nSPS) is 12.4. The predicted octanol–water partition coefficient (Wildman–Crippen LogP) is 1.81. The molecule has 0 aromatic carbocycles. The molecule has 0 amide bonds. The Kier molecular flexibility index (Phi) is 2.66. The zero-order valence-electron chi connectivity index (χ0n) is 5.31. The average Bonchev–Trinajstić information content (AvgIpc) is 2.38. The van der Waals surface area contributed by atoms with Gasteiger partial charge in [0.05, 0.1) is 10.9 Å². The van der Waals surface area contributed by atoms with Crippen LogP contribution in [0.4, 0.5) is 0 Å². The highest BCUT2D eigenvalue weighted by Crippen LogP contribution is 2.25. The van der Waals surface area contributed by atoms with Crippen LogP contribution in [0.1, 0.15) is 17.9 Å². The molecule has 0 aliphatic heterocycles. The van der Waals surface area contributed by atoms with E-state index in [0.717, 1.165) is 5.69 Å². The zero-order chi connectivity index (χ0) is 7.40. The van der Waals surface area contributed by atoms with Crippen molar-refractivity contribution in [3.8, 4) is 5.40 Å². The fraction of sp³-hybridized carbons (Fsp3) is 0.400. The largest absolute Gasteiger partial charge is 0.185 e. The minimum atomic E-state index is 0.142. The number of thiocyanates is 1. The molecule has 0 unspecified atom stereocenters. The Morgan fingerprint density at radius 1 is 1.90 bits per heavy atom. The van der Waals surface area contributed by atoms with E-state index in [4.69, 9.17) is 5.26 Å². The van der Waals surface area contributed by atoms with Crippen molar-refractivity contribution in [2.45, 2.75) is 12.2 Å². The molecule has 1 heterocycles. The molecule has 0 saturated heterocycles. The lowest BCUT2D eigenvalue weighted by atomic mass is 10.4. The summed E-state index contributed by atoms with van der Waals surface area (Å²) >= 11 is 2.51. The smallest absolute Gasteiger partial charge is 0.134 e. The van der Waals surface area contributed by atoms with Crippen LogP contribution in [0.5, 0.6) is 0 Å². The lowest BCUT2D eigenvalue weighted by Crippen LogP contribution is -1.85. The molecule has 52 valence electrons. The van der Waals surface area contributed by atoms with E-state index in [-0.39, 0.29) is 5.25 Å². The van der Waals surface area contributed by atoms with Gasteiger partial charge in [0, 0.05) is 5.38 Å². The molecule has 1 aromatic rings. The summed E-state index contributed by atoms with van der Waals surface area (Å²) < 4.78 is 3.69. The quantitative estimate of drug-likeness (QED) is 0.637. The van der Waals surface area contributed by atoms with Crippen molar-refractivity contribution in [2.24, 2.45) is 0 Å². The van der Waals surface area contributed by atoms with E-state index in [9.17, 15) is 0 Å². The highest BCUT2D eigenvalue weighted by molar-refractivity contribution is 8.03. The second-order valence-electron chi connectivity index (χ2n) is 1.68. The third-order valence-corrected chi connectivity index (χ3v) is 2.25. The van der Waals surface area contributed by atoms with E-state index in [2.05, 4.69) is 9.59 Å². The molecule has 1 aromatic heterocycles. The standard InChI is InChI=1S/C5H5N3S2/c1-4(9-3-6)5-2-10-8-7-5/h2,4H,1H3/t4-/m1/s1. The molecule has 3 nitrogen and oxygen atoms in total. The second kappa shape index (κ2) is 3.54. The van der Waals surface area contributed by atoms with Crippen LogP contribution in [-0.2, 0) is 0 Å². The van der Waals surface area contributed by atoms with E-state index in [1.54, 1.807) is 0 Å². The number of nitrogens with zero attached hydrogens (tertiary/aromatic N) is 3. The van der Waals surface area contributed by atoms with Crippen molar-refractivity contribution in [3.63, 3.8) is 0 Å². The van der Waals surface area contributed by atoms with Gasteiger partial charge in [-0.3, -0.25) is 0 Å². The van der Waals surface area contributed by atoms with Crippen LogP contribution in [0.15, 0.2) is 5.38 Å². The minimum Gasteiger partial charge on any atom is -0.185 e. The molecule has 0 aliphatic rings. The van der Waals surface area contributed by atoms with E-state index in [0.29, 0.717) is 0 Å². The lowest BCUT2D eigenvalue weighted by Gasteiger charge is -1.97. The van der Waals surface area contributed by atoms with Crippen molar-refractivity contribution in [2.75, 3.05) is 0 Å². The summed E-state index contributed by atoms with van der Waals surface area (Å²) in [6.45, 7) is 1.94. The molecule has 10 heavy (non-hydrogen) atoms. The summed E-state index contributed by atoms with van der Waals surface area (Å²) in [7, 11) is 0. The van der Waals surface area contributed by atoms with Crippen LogP contribution in [0, 0.1) is 10.7 Å². The van der Waals surface area contributed by atoms with Gasteiger partial charge in [-0.15, -0.1) is 5.10 Å². The molecule has 0 fully saturated rings. The number of aromatic nitrogens is 2. The maximum atomic E-state index is 8.30. The molecule has 0 spiro atoms. The molecular weight excluding hydrogens is 166 g/mol. The Bertz CT molecular complexity index is 226. The van der Waals surface area contributed by atoms with E-state index < -0.39 is 0 Å². The van der Waals surface area contributed by atoms with Gasteiger partial charge in [0.25, 0.3) is 0 Å². The topological polar surface area (TPSA) is 49.6 Å². The molecular formula is C5H5N3S2. The van der Waals surface area contributed by atoms with Crippen LogP contribution in [0.25, 0.3) is 0 Å². The summed E-state index contributed by atoms with van der Waals surface area (Å²) in [5, 5.41) is 16.1. The monoisotopic (exact) mass is 171 g/mol. The number of thioether (sulfide) groups is 1. The average molecular weight is 171 g/mol. The maximum absolute atomic E-state index is 8.30. The van der Waals surface area contributed by atoms with Gasteiger partial charge in [-0.25, -0.2) is 0 Å². The highest BCUT2D eigenvalue weighted by atomic mass is 32.2. The molecule has 1 rings (SSSR count). The van der Waals surface area contributed by atoms with Gasteiger partial charge in [-0.2, -0.15) is 5.26 Å². The Hall–Kier alpha value is -0.600. The van der Waals surface area contributed by atoms with Gasteiger partial charge >= 0.3 is 0 Å². The maximum Gasteiger partial charge on any atom is 0.134 e. The van der Waals surface area contributed by atoms with Crippen LogP contribution in [0.3, 0.4) is 0 Å². The minimum absolute atomic E-state index is 0.142. The van der Waals surface area contributed by atoms with Gasteiger partial charge in [0.15, 0.2) is 0 Å². The van der Waals surface area contributed by atoms with Crippen LogP contribution in [-0.4, -0.2) is 9.59 Å². The van der Waals surface area contributed by atoms with E-state index in [1.165, 1.54) is 23.3 Å². The SMILES string of the molecule is C[C@@H](SC#N)c1csnn1. The van der Waals surface area contributed by atoms with Gasteiger partial charge in [-0.05, 0) is 30.2 Å². The Morgan fingerprint density at radius 3 is 3.20 bits per heavy atom. The molecule has 0 saturated carbocycles. The van der Waals surface area contributed by atoms with E-state index in [1.807, 2.05) is 17.7 Å². The Morgan fingerprint density at radius 2 is 2.70 bits per heavy atom. The van der Waals surface area contributed by atoms with Gasteiger partial charge in [0.2, 0.25) is 0 Å². The fourth-order valence-corrected chi connectivity index (χ4v) is 1.52. The summed E-state index contributed by atoms with van der Waals surface area (Å²) in [6, 6.07) is 0. The number of hydrogen-bond donors (Lipinski definition) is 0. The first-order valence-electron chi connectivity index (χ1n) is 2.66. The molecule has 0 aliphatic carbocycles. The number of rotatable bonds is 2. The molecule has 0 N–H and O–H groups in total. The summed E-state index contributed by atoms with van der Waals surface area (Å²) in [4.78, 5) is 0. The van der Waals surface area contributed by atoms with Crippen LogP contribution < -0.4 is 0 Å². The number of hydrogen-bond acceptors (Lipinski definition) is 5. The van der Waals surface area contributed by atoms with Crippen molar-refractivity contribution < 1.29 is 0 Å². The molecule has 0 bridgehead atoms. The first-order valence-corrected chi connectivity index (χ1v) is 4.38. The Labute approximate surface area is 67.2 Å². The molecule has 0 radical (unpaired) electrons. The summed E-state index contributed by atoms with van der Waals surface area (Å²) in [5.41, 5.74) is 0.886. The fourth-order valence-electron chi connectivity index (χ4n) is 0.488. The zero-order valence-corrected chi connectivity index (χ0v) is 6.95. The first kappa shape index (κ1) is 7.51. The highest BCUT2D eigenvalue weighted by Gasteiger charge is 2.07. The van der Waals surface area contributed by atoms with Crippen LogP contribution >= 0.6 is 23.3 Å². The van der Waals surface area contributed by atoms with Crippen LogP contribution in [0.2, 0.25) is 0 Å². The van der Waals surface area contributed by atoms with Crippen molar-refractivity contribution in [3.05, 3.63) is 11.1 Å². The van der Waals surface area contributed by atoms with E-state index >= 15 is 0 Å². The van der Waals surface area contributed by atoms with Crippen molar-refractivity contribution >= 4 is 23.3 Å². The van der Waals surface area contributed by atoms with Crippen molar-refractivity contribution in [1.29, 1.82) is 5.26 Å². The predicted molar refractivity (Wildman–Crippen MR) is 41.5 cm³/mol.